The molecule has 0 aliphatic rings. The van der Waals surface area contributed by atoms with E-state index in [0.29, 0.717) is 17.4 Å². The number of ether oxygens (including phenoxy) is 1. The lowest BCUT2D eigenvalue weighted by Crippen LogP contribution is -2.16. The molecule has 0 aliphatic carbocycles. The maximum absolute atomic E-state index is 12.7. The van der Waals surface area contributed by atoms with Crippen molar-refractivity contribution in [1.29, 1.82) is 0 Å². The number of nitrogens with one attached hydrogen (secondary N) is 2. The average molecular weight is 376 g/mol. The molecule has 3 rings (SSSR count). The Labute approximate surface area is 165 Å². The summed E-state index contributed by atoms with van der Waals surface area (Å²) in [5, 5.41) is 6.04. The van der Waals surface area contributed by atoms with E-state index in [0.717, 1.165) is 16.8 Å². The van der Waals surface area contributed by atoms with Gasteiger partial charge in [0.1, 0.15) is 11.4 Å². The maximum Gasteiger partial charge on any atom is 0.274 e. The van der Waals surface area contributed by atoms with Crippen molar-refractivity contribution in [3.63, 3.8) is 0 Å². The third-order valence-electron chi connectivity index (χ3n) is 4.03. The minimum atomic E-state index is -0.328. The van der Waals surface area contributed by atoms with Gasteiger partial charge in [0, 0.05) is 11.9 Å². The van der Waals surface area contributed by atoms with Gasteiger partial charge in [-0.2, -0.15) is 0 Å². The first-order valence-corrected chi connectivity index (χ1v) is 9.17. The Bertz CT molecular complexity index is 986. The summed E-state index contributed by atoms with van der Waals surface area (Å²) in [5.41, 5.74) is 3.98. The van der Waals surface area contributed by atoms with Crippen LogP contribution in [0.3, 0.4) is 0 Å². The molecule has 2 aromatic carbocycles. The van der Waals surface area contributed by atoms with Crippen LogP contribution in [0.2, 0.25) is 0 Å². The normalized spacial score (nSPS) is 10.6. The minimum Gasteiger partial charge on any atom is -0.489 e. The van der Waals surface area contributed by atoms with E-state index in [-0.39, 0.29) is 17.7 Å². The summed E-state index contributed by atoms with van der Waals surface area (Å²) >= 11 is 0. The second-order valence-corrected chi connectivity index (χ2v) is 6.83. The van der Waals surface area contributed by atoms with Crippen molar-refractivity contribution >= 4 is 23.2 Å². The molecule has 0 saturated carbocycles. The second kappa shape index (κ2) is 8.52. The van der Waals surface area contributed by atoms with E-state index in [2.05, 4.69) is 20.6 Å². The fourth-order valence-corrected chi connectivity index (χ4v) is 2.65. The maximum atomic E-state index is 12.7. The Morgan fingerprint density at radius 1 is 1.04 bits per heavy atom. The van der Waals surface area contributed by atoms with E-state index in [1.807, 2.05) is 64.1 Å². The number of carbonyl (C=O) groups is 1. The second-order valence-electron chi connectivity index (χ2n) is 6.83. The molecule has 0 saturated heterocycles. The molecule has 1 aromatic heterocycles. The zero-order valence-corrected chi connectivity index (χ0v) is 16.5. The molecule has 144 valence electrons. The van der Waals surface area contributed by atoms with Gasteiger partial charge in [0.05, 0.1) is 11.8 Å². The van der Waals surface area contributed by atoms with Crippen LogP contribution in [-0.4, -0.2) is 22.0 Å². The third-order valence-corrected chi connectivity index (χ3v) is 4.03. The van der Waals surface area contributed by atoms with Crippen molar-refractivity contribution in [2.75, 3.05) is 10.6 Å². The van der Waals surface area contributed by atoms with Gasteiger partial charge in [-0.15, -0.1) is 0 Å². The molecule has 28 heavy (non-hydrogen) atoms. The lowest BCUT2D eigenvalue weighted by molar-refractivity contribution is 0.102. The van der Waals surface area contributed by atoms with Crippen LogP contribution in [0, 0.1) is 13.8 Å². The largest absolute Gasteiger partial charge is 0.489 e. The van der Waals surface area contributed by atoms with Gasteiger partial charge in [-0.25, -0.2) is 9.97 Å². The van der Waals surface area contributed by atoms with E-state index in [1.54, 1.807) is 18.3 Å². The Balaban J connectivity index is 1.79. The van der Waals surface area contributed by atoms with Crippen LogP contribution in [-0.2, 0) is 0 Å². The fraction of sp³-hybridized carbons (Fsp3) is 0.227. The summed E-state index contributed by atoms with van der Waals surface area (Å²) in [4.78, 5) is 21.3. The van der Waals surface area contributed by atoms with E-state index in [1.165, 1.54) is 0 Å². The lowest BCUT2D eigenvalue weighted by atomic mass is 10.1. The number of anilines is 3. The number of hydrogen-bond donors (Lipinski definition) is 2. The van der Waals surface area contributed by atoms with Gasteiger partial charge in [-0.1, -0.05) is 24.3 Å². The van der Waals surface area contributed by atoms with Gasteiger partial charge in [0.25, 0.3) is 5.91 Å². The van der Waals surface area contributed by atoms with Crippen molar-refractivity contribution in [3.8, 4) is 5.75 Å². The predicted molar refractivity (Wildman–Crippen MR) is 111 cm³/mol. The van der Waals surface area contributed by atoms with E-state index < -0.39 is 0 Å². The summed E-state index contributed by atoms with van der Waals surface area (Å²) in [6.45, 7) is 7.90. The van der Waals surface area contributed by atoms with E-state index >= 15 is 0 Å². The number of hydrogen-bond acceptors (Lipinski definition) is 5. The number of aryl methyl sites for hydroxylation is 2. The molecular weight excluding hydrogens is 352 g/mol. The zero-order chi connectivity index (χ0) is 20.1. The van der Waals surface area contributed by atoms with Gasteiger partial charge in [-0.05, 0) is 63.1 Å². The average Bonchev–Trinajstić information content (AvgIpc) is 2.66. The minimum absolute atomic E-state index is 0.00507. The lowest BCUT2D eigenvalue weighted by Gasteiger charge is -2.15. The first-order valence-electron chi connectivity index (χ1n) is 9.17. The molecule has 1 heterocycles. The van der Waals surface area contributed by atoms with Crippen molar-refractivity contribution in [2.45, 2.75) is 33.8 Å². The molecule has 0 bridgehead atoms. The number of amides is 1. The molecule has 1 amide bonds. The smallest absolute Gasteiger partial charge is 0.274 e. The number of benzene rings is 2. The van der Waals surface area contributed by atoms with Gasteiger partial charge < -0.3 is 15.4 Å². The quantitative estimate of drug-likeness (QED) is 0.641. The van der Waals surface area contributed by atoms with Gasteiger partial charge in [-0.3, -0.25) is 4.79 Å². The van der Waals surface area contributed by atoms with Gasteiger partial charge in [0.15, 0.2) is 0 Å². The topological polar surface area (TPSA) is 76.1 Å². The number of carbonyl (C=O) groups excluding carboxylic acids is 1. The highest BCUT2D eigenvalue weighted by Gasteiger charge is 2.13. The molecule has 6 heteroatoms. The standard InChI is InChI=1S/C22H24N4O2/c1-14(2)28-20-8-6-5-7-17(20)24-21(27)18-11-12-23-22(25-18)26-19-13-15(3)9-10-16(19)4/h5-14H,1-4H3,(H,24,27)(H,23,25,26). The summed E-state index contributed by atoms with van der Waals surface area (Å²) in [7, 11) is 0. The van der Waals surface area contributed by atoms with Crippen molar-refractivity contribution in [2.24, 2.45) is 0 Å². The molecule has 0 aliphatic heterocycles. The molecule has 0 radical (unpaired) electrons. The highest BCUT2D eigenvalue weighted by atomic mass is 16.5. The zero-order valence-electron chi connectivity index (χ0n) is 16.5. The number of para-hydroxylation sites is 2. The predicted octanol–water partition coefficient (Wildman–Crippen LogP) is 4.88. The molecule has 6 nitrogen and oxygen atoms in total. The van der Waals surface area contributed by atoms with Gasteiger partial charge >= 0.3 is 0 Å². The van der Waals surface area contributed by atoms with Crippen LogP contribution >= 0.6 is 0 Å². The van der Waals surface area contributed by atoms with Crippen molar-refractivity contribution in [3.05, 3.63) is 71.5 Å². The third kappa shape index (κ3) is 4.85. The van der Waals surface area contributed by atoms with Crippen LogP contribution in [0.15, 0.2) is 54.7 Å². The van der Waals surface area contributed by atoms with Crippen LogP contribution in [0.1, 0.15) is 35.5 Å². The van der Waals surface area contributed by atoms with Crippen LogP contribution in [0.4, 0.5) is 17.3 Å². The summed E-state index contributed by atoms with van der Waals surface area (Å²) in [6, 6.07) is 15.0. The highest BCUT2D eigenvalue weighted by Crippen LogP contribution is 2.25. The van der Waals surface area contributed by atoms with Crippen molar-refractivity contribution in [1.82, 2.24) is 9.97 Å². The molecule has 3 aromatic rings. The van der Waals surface area contributed by atoms with Crippen LogP contribution in [0.25, 0.3) is 0 Å². The number of aromatic nitrogens is 2. The van der Waals surface area contributed by atoms with Crippen molar-refractivity contribution < 1.29 is 9.53 Å². The molecule has 0 spiro atoms. The molecule has 0 unspecified atom stereocenters. The number of nitrogens with zero attached hydrogens (tertiary/aromatic N) is 2. The first kappa shape index (κ1) is 19.4. The SMILES string of the molecule is Cc1ccc(C)c(Nc2nccc(C(=O)Nc3ccccc3OC(C)C)n2)c1. The van der Waals surface area contributed by atoms with E-state index in [4.69, 9.17) is 4.74 Å². The van der Waals surface area contributed by atoms with Gasteiger partial charge in [0.2, 0.25) is 5.95 Å². The first-order chi connectivity index (χ1) is 13.4. The molecular formula is C22H24N4O2. The Kier molecular flexibility index (Phi) is 5.89. The summed E-state index contributed by atoms with van der Waals surface area (Å²) in [6.07, 6.45) is 1.57. The Morgan fingerprint density at radius 2 is 1.82 bits per heavy atom. The Morgan fingerprint density at radius 3 is 2.61 bits per heavy atom. The summed E-state index contributed by atoms with van der Waals surface area (Å²) in [5.74, 6) is 0.660. The monoisotopic (exact) mass is 376 g/mol. The molecule has 0 atom stereocenters. The van der Waals surface area contributed by atoms with Crippen LogP contribution in [0.5, 0.6) is 5.75 Å². The summed E-state index contributed by atoms with van der Waals surface area (Å²) < 4.78 is 5.75. The fourth-order valence-electron chi connectivity index (χ4n) is 2.65. The molecule has 0 fully saturated rings. The Hall–Kier alpha value is -3.41. The molecule has 2 N–H and O–H groups in total. The van der Waals surface area contributed by atoms with E-state index in [9.17, 15) is 4.79 Å². The highest BCUT2D eigenvalue weighted by molar-refractivity contribution is 6.03. The number of rotatable bonds is 6. The van der Waals surface area contributed by atoms with Crippen LogP contribution < -0.4 is 15.4 Å².